The molecule has 0 spiro atoms. The first-order chi connectivity index (χ1) is 7.19. The van der Waals surface area contributed by atoms with E-state index in [2.05, 4.69) is 0 Å². The molecule has 0 unspecified atom stereocenters. The van der Waals surface area contributed by atoms with Crippen LogP contribution in [-0.4, -0.2) is 19.2 Å². The molecular weight excluding hydrogens is 199 g/mol. The van der Waals surface area contributed by atoms with E-state index in [9.17, 15) is 9.18 Å². The summed E-state index contributed by atoms with van der Waals surface area (Å²) in [5.74, 6) is -0.938. The summed E-state index contributed by atoms with van der Waals surface area (Å²) in [4.78, 5) is 11.2. The van der Waals surface area contributed by atoms with Crippen LogP contribution in [-0.2, 0) is 4.74 Å². The molecule has 1 rings (SSSR count). The van der Waals surface area contributed by atoms with Crippen LogP contribution >= 0.6 is 0 Å². The lowest BCUT2D eigenvalue weighted by molar-refractivity contribution is 0.0525. The molecule has 1 aromatic carbocycles. The quantitative estimate of drug-likeness (QED) is 0.719. The summed E-state index contributed by atoms with van der Waals surface area (Å²) in [6.07, 6.45) is 0. The molecule has 0 atom stereocenters. The highest BCUT2D eigenvalue weighted by Crippen LogP contribution is 2.18. The van der Waals surface area contributed by atoms with Crippen molar-refractivity contribution in [2.45, 2.75) is 13.8 Å². The van der Waals surface area contributed by atoms with E-state index in [0.717, 1.165) is 6.07 Å². The maximum atomic E-state index is 13.3. The van der Waals surface area contributed by atoms with Crippen LogP contribution in [0.25, 0.3) is 0 Å². The van der Waals surface area contributed by atoms with E-state index in [1.54, 1.807) is 13.8 Å². The Balaban J connectivity index is 2.86. The number of hydrogen-bond donors (Lipinski definition) is 0. The van der Waals surface area contributed by atoms with E-state index in [1.807, 2.05) is 0 Å². The minimum atomic E-state index is -0.553. The second kappa shape index (κ2) is 5.34. The smallest absolute Gasteiger partial charge is 0.338 e. The second-order valence-electron chi connectivity index (χ2n) is 2.80. The third kappa shape index (κ3) is 2.94. The first kappa shape index (κ1) is 11.5. The lowest BCUT2D eigenvalue weighted by Gasteiger charge is -2.06. The summed E-state index contributed by atoms with van der Waals surface area (Å²) in [5.41, 5.74) is 0.192. The lowest BCUT2D eigenvalue weighted by Crippen LogP contribution is -2.05. The molecule has 0 aliphatic rings. The predicted molar refractivity (Wildman–Crippen MR) is 53.5 cm³/mol. The van der Waals surface area contributed by atoms with Crippen LogP contribution in [0.5, 0.6) is 5.75 Å². The fourth-order valence-electron chi connectivity index (χ4n) is 1.11. The van der Waals surface area contributed by atoms with Gasteiger partial charge in [0.2, 0.25) is 0 Å². The average Bonchev–Trinajstić information content (AvgIpc) is 2.21. The highest BCUT2D eigenvalue weighted by molar-refractivity contribution is 5.89. The number of halogens is 1. The highest BCUT2D eigenvalue weighted by atomic mass is 19.1. The first-order valence-corrected chi connectivity index (χ1v) is 4.78. The molecule has 15 heavy (non-hydrogen) atoms. The molecule has 0 fully saturated rings. The summed E-state index contributed by atoms with van der Waals surface area (Å²) in [6, 6.07) is 4.01. The van der Waals surface area contributed by atoms with Gasteiger partial charge in [-0.05, 0) is 32.0 Å². The van der Waals surface area contributed by atoms with Gasteiger partial charge in [-0.25, -0.2) is 9.18 Å². The van der Waals surface area contributed by atoms with Gasteiger partial charge in [-0.3, -0.25) is 0 Å². The van der Waals surface area contributed by atoms with Crippen LogP contribution in [0, 0.1) is 5.82 Å². The van der Waals surface area contributed by atoms with Gasteiger partial charge in [0.15, 0.2) is 11.6 Å². The van der Waals surface area contributed by atoms with Crippen molar-refractivity contribution in [1.82, 2.24) is 0 Å². The van der Waals surface area contributed by atoms with Crippen LogP contribution in [0.4, 0.5) is 4.39 Å². The Bertz CT molecular complexity index is 350. The van der Waals surface area contributed by atoms with Crippen molar-refractivity contribution in [3.05, 3.63) is 29.6 Å². The van der Waals surface area contributed by atoms with E-state index < -0.39 is 11.8 Å². The summed E-state index contributed by atoms with van der Waals surface area (Å²) >= 11 is 0. The summed E-state index contributed by atoms with van der Waals surface area (Å²) < 4.78 is 23.0. The van der Waals surface area contributed by atoms with E-state index >= 15 is 0 Å². The van der Waals surface area contributed by atoms with Gasteiger partial charge < -0.3 is 9.47 Å². The molecule has 4 heteroatoms. The van der Waals surface area contributed by atoms with Crippen LogP contribution in [0.3, 0.4) is 0 Å². The summed E-state index contributed by atoms with van der Waals surface area (Å²) in [6.45, 7) is 4.12. The zero-order chi connectivity index (χ0) is 11.3. The molecule has 0 saturated carbocycles. The molecule has 0 aliphatic carbocycles. The van der Waals surface area contributed by atoms with E-state index in [0.29, 0.717) is 6.61 Å². The Labute approximate surface area is 87.8 Å². The molecule has 0 aromatic heterocycles. The van der Waals surface area contributed by atoms with Gasteiger partial charge in [-0.15, -0.1) is 0 Å². The Morgan fingerprint density at radius 1 is 1.33 bits per heavy atom. The third-order valence-electron chi connectivity index (χ3n) is 1.74. The van der Waals surface area contributed by atoms with Crippen LogP contribution in [0.2, 0.25) is 0 Å². The minimum Gasteiger partial charge on any atom is -0.491 e. The van der Waals surface area contributed by atoms with Gasteiger partial charge in [0.25, 0.3) is 0 Å². The molecule has 0 saturated heterocycles. The zero-order valence-corrected chi connectivity index (χ0v) is 8.75. The SMILES string of the molecule is CCOC(=O)c1ccc(OCC)c(F)c1. The maximum absolute atomic E-state index is 13.3. The molecule has 3 nitrogen and oxygen atoms in total. The molecule has 0 heterocycles. The number of carbonyl (C=O) groups is 1. The molecule has 0 aliphatic heterocycles. The van der Waals surface area contributed by atoms with Crippen molar-refractivity contribution in [3.8, 4) is 5.75 Å². The van der Waals surface area contributed by atoms with Crippen molar-refractivity contribution >= 4 is 5.97 Å². The van der Waals surface area contributed by atoms with Crippen molar-refractivity contribution in [2.75, 3.05) is 13.2 Å². The van der Waals surface area contributed by atoms with Crippen LogP contribution < -0.4 is 4.74 Å². The van der Waals surface area contributed by atoms with Gasteiger partial charge >= 0.3 is 5.97 Å². The number of carbonyl (C=O) groups excluding carboxylic acids is 1. The summed E-state index contributed by atoms with van der Waals surface area (Å²) in [7, 11) is 0. The van der Waals surface area contributed by atoms with Gasteiger partial charge in [-0.1, -0.05) is 0 Å². The topological polar surface area (TPSA) is 35.5 Å². The number of rotatable bonds is 4. The molecule has 0 amide bonds. The Kier molecular flexibility index (Phi) is 4.09. The van der Waals surface area contributed by atoms with Gasteiger partial charge in [-0.2, -0.15) is 0 Å². The van der Waals surface area contributed by atoms with Crippen molar-refractivity contribution in [2.24, 2.45) is 0 Å². The average molecular weight is 212 g/mol. The molecular formula is C11H13FO3. The minimum absolute atomic E-state index is 0.144. The molecule has 0 radical (unpaired) electrons. The third-order valence-corrected chi connectivity index (χ3v) is 1.74. The zero-order valence-electron chi connectivity index (χ0n) is 8.75. The van der Waals surface area contributed by atoms with Gasteiger partial charge in [0.1, 0.15) is 0 Å². The number of ether oxygens (including phenoxy) is 2. The largest absolute Gasteiger partial charge is 0.491 e. The molecule has 82 valence electrons. The number of benzene rings is 1. The second-order valence-corrected chi connectivity index (χ2v) is 2.80. The highest BCUT2D eigenvalue weighted by Gasteiger charge is 2.10. The standard InChI is InChI=1S/C11H13FO3/c1-3-14-10-6-5-8(7-9(10)12)11(13)15-4-2/h5-7H,3-4H2,1-2H3. The summed E-state index contributed by atoms with van der Waals surface area (Å²) in [5, 5.41) is 0. The van der Waals surface area contributed by atoms with Crippen molar-refractivity contribution in [1.29, 1.82) is 0 Å². The van der Waals surface area contributed by atoms with E-state index in [-0.39, 0.29) is 17.9 Å². The molecule has 1 aromatic rings. The van der Waals surface area contributed by atoms with Crippen molar-refractivity contribution in [3.63, 3.8) is 0 Å². The van der Waals surface area contributed by atoms with E-state index in [1.165, 1.54) is 12.1 Å². The Morgan fingerprint density at radius 3 is 2.60 bits per heavy atom. The number of hydrogen-bond acceptors (Lipinski definition) is 3. The number of esters is 1. The normalized spacial score (nSPS) is 9.80. The van der Waals surface area contributed by atoms with Gasteiger partial charge in [0, 0.05) is 0 Å². The first-order valence-electron chi connectivity index (χ1n) is 4.78. The predicted octanol–water partition coefficient (Wildman–Crippen LogP) is 2.40. The molecule has 0 bridgehead atoms. The van der Waals surface area contributed by atoms with Crippen LogP contribution in [0.15, 0.2) is 18.2 Å². The van der Waals surface area contributed by atoms with Crippen LogP contribution in [0.1, 0.15) is 24.2 Å². The molecule has 0 N–H and O–H groups in total. The monoisotopic (exact) mass is 212 g/mol. The fourth-order valence-corrected chi connectivity index (χ4v) is 1.11. The maximum Gasteiger partial charge on any atom is 0.338 e. The Morgan fingerprint density at radius 2 is 2.07 bits per heavy atom. The Hall–Kier alpha value is -1.58. The van der Waals surface area contributed by atoms with Crippen molar-refractivity contribution < 1.29 is 18.7 Å². The van der Waals surface area contributed by atoms with Gasteiger partial charge in [0.05, 0.1) is 18.8 Å². The fraction of sp³-hybridized carbons (Fsp3) is 0.364. The van der Waals surface area contributed by atoms with E-state index in [4.69, 9.17) is 9.47 Å². The lowest BCUT2D eigenvalue weighted by atomic mass is 10.2.